The van der Waals surface area contributed by atoms with E-state index in [1.807, 2.05) is 0 Å². The van der Waals surface area contributed by atoms with Crippen LogP contribution in [-0.4, -0.2) is 34.9 Å². The van der Waals surface area contributed by atoms with Gasteiger partial charge in [-0.1, -0.05) is 22.8 Å². The molecule has 1 aromatic rings. The minimum absolute atomic E-state index is 0.0116. The standard InChI is InChI=1S/C12H15ClFN3O2/c1-7(6-10(15)16-19)17(2)12(18)8-4-3-5-9(14)11(8)13/h3-5,7,19H,6H2,1-2H3,(H2,15,16). The van der Waals surface area contributed by atoms with Crippen LogP contribution in [-0.2, 0) is 0 Å². The highest BCUT2D eigenvalue weighted by Gasteiger charge is 2.21. The number of nitrogens with zero attached hydrogens (tertiary/aromatic N) is 2. The van der Waals surface area contributed by atoms with Crippen LogP contribution in [0.15, 0.2) is 23.4 Å². The third kappa shape index (κ3) is 3.57. The van der Waals surface area contributed by atoms with E-state index >= 15 is 0 Å². The summed E-state index contributed by atoms with van der Waals surface area (Å²) in [5.74, 6) is -1.06. The van der Waals surface area contributed by atoms with Crippen LogP contribution < -0.4 is 5.73 Å². The zero-order chi connectivity index (χ0) is 14.6. The van der Waals surface area contributed by atoms with Crippen molar-refractivity contribution in [1.82, 2.24) is 4.90 Å². The molecule has 0 aliphatic heterocycles. The molecule has 3 N–H and O–H groups in total. The third-order valence-electron chi connectivity index (χ3n) is 2.80. The predicted octanol–water partition coefficient (Wildman–Crippen LogP) is 2.08. The maximum atomic E-state index is 13.3. The van der Waals surface area contributed by atoms with Crippen molar-refractivity contribution in [3.8, 4) is 0 Å². The average molecular weight is 288 g/mol. The second kappa shape index (κ2) is 6.38. The molecule has 1 aromatic carbocycles. The number of oxime groups is 1. The summed E-state index contributed by atoms with van der Waals surface area (Å²) in [6, 6.07) is 3.72. The van der Waals surface area contributed by atoms with Gasteiger partial charge in [0, 0.05) is 19.5 Å². The molecule has 0 aliphatic rings. The molecule has 1 atom stereocenters. The summed E-state index contributed by atoms with van der Waals surface area (Å²) in [5.41, 5.74) is 5.46. The molecule has 0 spiro atoms. The second-order valence-corrected chi connectivity index (χ2v) is 4.54. The number of hydrogen-bond donors (Lipinski definition) is 2. The van der Waals surface area contributed by atoms with E-state index in [0.29, 0.717) is 0 Å². The summed E-state index contributed by atoms with van der Waals surface area (Å²) in [6.45, 7) is 1.73. The Labute approximate surface area is 115 Å². The number of halogens is 2. The summed E-state index contributed by atoms with van der Waals surface area (Å²) in [5, 5.41) is 11.1. The molecular formula is C12H15ClFN3O2. The van der Waals surface area contributed by atoms with E-state index in [2.05, 4.69) is 5.16 Å². The van der Waals surface area contributed by atoms with Gasteiger partial charge in [0.1, 0.15) is 11.7 Å². The van der Waals surface area contributed by atoms with E-state index in [1.165, 1.54) is 23.1 Å². The molecule has 0 aliphatic carbocycles. The Hall–Kier alpha value is -1.82. The molecule has 0 aromatic heterocycles. The molecule has 0 saturated heterocycles. The van der Waals surface area contributed by atoms with E-state index in [9.17, 15) is 9.18 Å². The van der Waals surface area contributed by atoms with Gasteiger partial charge in [0.25, 0.3) is 5.91 Å². The van der Waals surface area contributed by atoms with E-state index < -0.39 is 11.7 Å². The van der Waals surface area contributed by atoms with Crippen LogP contribution in [0, 0.1) is 5.82 Å². The Morgan fingerprint density at radius 3 is 2.84 bits per heavy atom. The molecule has 19 heavy (non-hydrogen) atoms. The van der Waals surface area contributed by atoms with Crippen molar-refractivity contribution in [3.05, 3.63) is 34.6 Å². The predicted molar refractivity (Wildman–Crippen MR) is 71.0 cm³/mol. The van der Waals surface area contributed by atoms with Crippen LogP contribution in [0.1, 0.15) is 23.7 Å². The van der Waals surface area contributed by atoms with Gasteiger partial charge in [0.2, 0.25) is 0 Å². The van der Waals surface area contributed by atoms with Gasteiger partial charge < -0.3 is 15.8 Å². The zero-order valence-corrected chi connectivity index (χ0v) is 11.4. The SMILES string of the molecule is CC(C/C(N)=N/O)N(C)C(=O)c1cccc(F)c1Cl. The zero-order valence-electron chi connectivity index (χ0n) is 10.6. The van der Waals surface area contributed by atoms with Gasteiger partial charge in [-0.15, -0.1) is 0 Å². The summed E-state index contributed by atoms with van der Waals surface area (Å²) in [7, 11) is 1.54. The molecule has 0 fully saturated rings. The van der Waals surface area contributed by atoms with Gasteiger partial charge in [0.05, 0.1) is 10.6 Å². The topological polar surface area (TPSA) is 78.9 Å². The molecule has 1 rings (SSSR count). The molecular weight excluding hydrogens is 273 g/mol. The van der Waals surface area contributed by atoms with Crippen LogP contribution in [0.4, 0.5) is 4.39 Å². The van der Waals surface area contributed by atoms with Crippen LogP contribution in [0.2, 0.25) is 5.02 Å². The van der Waals surface area contributed by atoms with E-state index in [4.69, 9.17) is 22.5 Å². The van der Waals surface area contributed by atoms with Gasteiger partial charge in [-0.05, 0) is 19.1 Å². The fraction of sp³-hybridized carbons (Fsp3) is 0.333. The van der Waals surface area contributed by atoms with E-state index in [-0.39, 0.29) is 28.9 Å². The lowest BCUT2D eigenvalue weighted by molar-refractivity contribution is 0.0747. The van der Waals surface area contributed by atoms with E-state index in [0.717, 1.165) is 0 Å². The van der Waals surface area contributed by atoms with Crippen molar-refractivity contribution in [3.63, 3.8) is 0 Å². The number of carbonyl (C=O) groups is 1. The lowest BCUT2D eigenvalue weighted by Gasteiger charge is -2.25. The van der Waals surface area contributed by atoms with Gasteiger partial charge >= 0.3 is 0 Å². The highest BCUT2D eigenvalue weighted by Crippen LogP contribution is 2.21. The monoisotopic (exact) mass is 287 g/mol. The molecule has 5 nitrogen and oxygen atoms in total. The highest BCUT2D eigenvalue weighted by molar-refractivity contribution is 6.34. The van der Waals surface area contributed by atoms with Crippen molar-refractivity contribution in [2.75, 3.05) is 7.05 Å². The Bertz CT molecular complexity index is 508. The van der Waals surface area contributed by atoms with Crippen LogP contribution >= 0.6 is 11.6 Å². The Morgan fingerprint density at radius 1 is 1.63 bits per heavy atom. The summed E-state index contributed by atoms with van der Waals surface area (Å²) in [6.07, 6.45) is 0.200. The fourth-order valence-electron chi connectivity index (χ4n) is 1.54. The van der Waals surface area contributed by atoms with Gasteiger partial charge in [-0.2, -0.15) is 0 Å². The molecule has 7 heteroatoms. The van der Waals surface area contributed by atoms with Crippen LogP contribution in [0.25, 0.3) is 0 Å². The van der Waals surface area contributed by atoms with Gasteiger partial charge in [0.15, 0.2) is 0 Å². The molecule has 1 amide bonds. The lowest BCUT2D eigenvalue weighted by Crippen LogP contribution is -2.38. The van der Waals surface area contributed by atoms with Crippen LogP contribution in [0.3, 0.4) is 0 Å². The molecule has 0 saturated carbocycles. The summed E-state index contributed by atoms with van der Waals surface area (Å²) in [4.78, 5) is 13.5. The Morgan fingerprint density at radius 2 is 2.26 bits per heavy atom. The highest BCUT2D eigenvalue weighted by atomic mass is 35.5. The number of amides is 1. The number of carbonyl (C=O) groups excluding carboxylic acids is 1. The number of hydrogen-bond acceptors (Lipinski definition) is 3. The third-order valence-corrected chi connectivity index (χ3v) is 3.18. The number of rotatable bonds is 4. The van der Waals surface area contributed by atoms with Crippen molar-refractivity contribution < 1.29 is 14.4 Å². The minimum Gasteiger partial charge on any atom is -0.409 e. The number of amidine groups is 1. The maximum absolute atomic E-state index is 13.3. The van der Waals surface area contributed by atoms with E-state index in [1.54, 1.807) is 14.0 Å². The average Bonchev–Trinajstić information content (AvgIpc) is 2.39. The first kappa shape index (κ1) is 15.2. The molecule has 0 heterocycles. The second-order valence-electron chi connectivity index (χ2n) is 4.16. The normalized spacial score (nSPS) is 13.2. The van der Waals surface area contributed by atoms with Crippen molar-refractivity contribution in [1.29, 1.82) is 0 Å². The molecule has 1 unspecified atom stereocenters. The Kier molecular flexibility index (Phi) is 5.11. The molecule has 0 radical (unpaired) electrons. The minimum atomic E-state index is -0.648. The first-order chi connectivity index (χ1) is 8.88. The number of nitrogens with two attached hydrogens (primary N) is 1. The lowest BCUT2D eigenvalue weighted by atomic mass is 10.1. The fourth-order valence-corrected chi connectivity index (χ4v) is 1.75. The quantitative estimate of drug-likeness (QED) is 0.385. The molecule has 0 bridgehead atoms. The first-order valence-corrected chi connectivity index (χ1v) is 5.93. The summed E-state index contributed by atoms with van der Waals surface area (Å²) < 4.78 is 13.3. The van der Waals surface area contributed by atoms with Gasteiger partial charge in [-0.25, -0.2) is 4.39 Å². The first-order valence-electron chi connectivity index (χ1n) is 5.56. The Balaban J connectivity index is 2.90. The van der Waals surface area contributed by atoms with Crippen molar-refractivity contribution >= 4 is 23.3 Å². The maximum Gasteiger partial charge on any atom is 0.255 e. The largest absolute Gasteiger partial charge is 0.409 e. The number of benzene rings is 1. The van der Waals surface area contributed by atoms with Gasteiger partial charge in [-0.3, -0.25) is 4.79 Å². The van der Waals surface area contributed by atoms with Crippen molar-refractivity contribution in [2.45, 2.75) is 19.4 Å². The van der Waals surface area contributed by atoms with Crippen molar-refractivity contribution in [2.24, 2.45) is 10.9 Å². The molecule has 104 valence electrons. The smallest absolute Gasteiger partial charge is 0.255 e. The van der Waals surface area contributed by atoms with Crippen LogP contribution in [0.5, 0.6) is 0 Å². The summed E-state index contributed by atoms with van der Waals surface area (Å²) >= 11 is 5.76.